The average Bonchev–Trinajstić information content (AvgIpc) is 2.64. The third-order valence-electron chi connectivity index (χ3n) is 5.42. The lowest BCUT2D eigenvalue weighted by atomic mass is 9.84. The molecule has 3 aliphatic rings. The Bertz CT molecular complexity index is 647. The van der Waals surface area contributed by atoms with Crippen molar-refractivity contribution < 1.29 is 4.79 Å². The summed E-state index contributed by atoms with van der Waals surface area (Å²) >= 11 is 0. The number of carbonyl (C=O) groups excluding carboxylic acids is 1. The molecule has 0 unspecified atom stereocenters. The zero-order valence-electron chi connectivity index (χ0n) is 12.4. The molecule has 112 valence electrons. The van der Waals surface area contributed by atoms with Crippen LogP contribution in [0.5, 0.6) is 0 Å². The smallest absolute Gasteiger partial charge is 0.254 e. The van der Waals surface area contributed by atoms with Crippen LogP contribution in [-0.4, -0.2) is 32.9 Å². The number of fused-ring (bicyclic) bond motifs is 3. The number of aromatic nitrogens is 2. The molecule has 2 fully saturated rings. The summed E-state index contributed by atoms with van der Waals surface area (Å²) in [5, 5.41) is 0. The molecule has 0 radical (unpaired) electrons. The molecule has 1 saturated heterocycles. The van der Waals surface area contributed by atoms with Crippen molar-refractivity contribution in [3.63, 3.8) is 0 Å². The van der Waals surface area contributed by atoms with Gasteiger partial charge < -0.3 is 9.88 Å². The van der Waals surface area contributed by atoms with E-state index in [1.807, 2.05) is 6.92 Å². The van der Waals surface area contributed by atoms with Gasteiger partial charge in [-0.1, -0.05) is 6.42 Å². The van der Waals surface area contributed by atoms with Gasteiger partial charge in [-0.25, -0.2) is 4.98 Å². The summed E-state index contributed by atoms with van der Waals surface area (Å²) in [6.45, 7) is 1.82. The van der Waals surface area contributed by atoms with Gasteiger partial charge in [0.25, 0.3) is 5.56 Å². The molecule has 21 heavy (non-hydrogen) atoms. The van der Waals surface area contributed by atoms with Crippen LogP contribution in [0.25, 0.3) is 0 Å². The summed E-state index contributed by atoms with van der Waals surface area (Å²) in [6, 6.07) is 0.452. The molecule has 2 aliphatic heterocycles. The number of aromatic amines is 1. The molecule has 2 atom stereocenters. The summed E-state index contributed by atoms with van der Waals surface area (Å²) in [4.78, 5) is 34.4. The van der Waals surface area contributed by atoms with Gasteiger partial charge in [0.05, 0.1) is 5.69 Å². The van der Waals surface area contributed by atoms with Gasteiger partial charge in [0.2, 0.25) is 5.91 Å². The predicted molar refractivity (Wildman–Crippen MR) is 78.0 cm³/mol. The number of aryl methyl sites for hydroxylation is 1. The fourth-order valence-corrected chi connectivity index (χ4v) is 4.09. The lowest BCUT2D eigenvalue weighted by Crippen LogP contribution is -2.46. The minimum absolute atomic E-state index is 0.0129. The van der Waals surface area contributed by atoms with E-state index < -0.39 is 0 Å². The molecule has 1 aliphatic carbocycles. The second-order valence-electron chi connectivity index (χ2n) is 6.74. The van der Waals surface area contributed by atoms with Gasteiger partial charge in [0.1, 0.15) is 5.82 Å². The van der Waals surface area contributed by atoms with Crippen molar-refractivity contribution >= 4 is 5.91 Å². The highest BCUT2D eigenvalue weighted by atomic mass is 16.2. The monoisotopic (exact) mass is 287 g/mol. The minimum Gasteiger partial charge on any atom is -0.336 e. The zero-order chi connectivity index (χ0) is 14.6. The highest BCUT2D eigenvalue weighted by Gasteiger charge is 2.43. The van der Waals surface area contributed by atoms with Crippen LogP contribution < -0.4 is 5.56 Å². The van der Waals surface area contributed by atoms with Crippen molar-refractivity contribution in [1.29, 1.82) is 0 Å². The summed E-state index contributed by atoms with van der Waals surface area (Å²) in [5.41, 5.74) is 1.70. The van der Waals surface area contributed by atoms with Crippen molar-refractivity contribution in [2.45, 2.75) is 64.0 Å². The van der Waals surface area contributed by atoms with Crippen LogP contribution in [0.15, 0.2) is 4.79 Å². The van der Waals surface area contributed by atoms with E-state index in [9.17, 15) is 9.59 Å². The van der Waals surface area contributed by atoms with Crippen molar-refractivity contribution in [2.75, 3.05) is 0 Å². The summed E-state index contributed by atoms with van der Waals surface area (Å²) < 4.78 is 0. The second kappa shape index (κ2) is 4.68. The number of rotatable bonds is 1. The Balaban J connectivity index is 1.69. The van der Waals surface area contributed by atoms with Crippen LogP contribution in [0.3, 0.4) is 0 Å². The molecular weight excluding hydrogens is 266 g/mol. The van der Waals surface area contributed by atoms with Crippen LogP contribution in [0.1, 0.15) is 49.2 Å². The number of hydrogen-bond donors (Lipinski definition) is 1. The van der Waals surface area contributed by atoms with E-state index in [-0.39, 0.29) is 23.6 Å². The van der Waals surface area contributed by atoms with E-state index in [1.165, 1.54) is 6.42 Å². The summed E-state index contributed by atoms with van der Waals surface area (Å²) in [7, 11) is 0. The Morgan fingerprint density at radius 3 is 2.57 bits per heavy atom. The van der Waals surface area contributed by atoms with Gasteiger partial charge in [-0.2, -0.15) is 0 Å². The number of nitrogens with one attached hydrogen (secondary N) is 1. The molecule has 5 heteroatoms. The van der Waals surface area contributed by atoms with Crippen LogP contribution in [0, 0.1) is 12.8 Å². The molecular formula is C16H21N3O2. The van der Waals surface area contributed by atoms with Gasteiger partial charge >= 0.3 is 0 Å². The molecule has 0 aromatic carbocycles. The Morgan fingerprint density at radius 1 is 1.19 bits per heavy atom. The second-order valence-corrected chi connectivity index (χ2v) is 6.74. The highest BCUT2D eigenvalue weighted by molar-refractivity contribution is 5.80. The lowest BCUT2D eigenvalue weighted by molar-refractivity contribution is -0.141. The maximum Gasteiger partial charge on any atom is 0.254 e. The standard InChI is InChI=1S/C16H21N3O2/c1-9-17-14-8-12-6-5-11(7-13(14)15(20)18-9)19(12)16(21)10-3-2-4-10/h10-12H,2-8H2,1H3,(H,17,18,20)/t11-,12-/m0/s1. The number of nitrogens with zero attached hydrogens (tertiary/aromatic N) is 2. The average molecular weight is 287 g/mol. The predicted octanol–water partition coefficient (Wildman–Crippen LogP) is 1.34. The van der Waals surface area contributed by atoms with E-state index in [4.69, 9.17) is 0 Å². The van der Waals surface area contributed by atoms with E-state index in [2.05, 4.69) is 14.9 Å². The van der Waals surface area contributed by atoms with Crippen molar-refractivity contribution in [1.82, 2.24) is 14.9 Å². The molecule has 1 aromatic heterocycles. The Kier molecular flexibility index (Phi) is 2.91. The molecule has 1 saturated carbocycles. The SMILES string of the molecule is Cc1nc2c(c(=O)[nH]1)C[C@@H]1CC[C@@H](C2)N1C(=O)C1CCC1. The third-order valence-corrected chi connectivity index (χ3v) is 5.42. The largest absolute Gasteiger partial charge is 0.336 e. The van der Waals surface area contributed by atoms with Gasteiger partial charge in [-0.05, 0) is 32.6 Å². The zero-order valence-corrected chi connectivity index (χ0v) is 12.4. The summed E-state index contributed by atoms with van der Waals surface area (Å²) in [6.07, 6.45) is 6.76. The van der Waals surface area contributed by atoms with Crippen molar-refractivity contribution in [2.24, 2.45) is 5.92 Å². The fraction of sp³-hybridized carbons (Fsp3) is 0.688. The number of amides is 1. The van der Waals surface area contributed by atoms with Crippen molar-refractivity contribution in [3.05, 3.63) is 27.4 Å². The maximum absolute atomic E-state index is 12.7. The summed E-state index contributed by atoms with van der Waals surface area (Å²) in [5.74, 6) is 1.24. The quantitative estimate of drug-likeness (QED) is 0.847. The molecule has 3 heterocycles. The normalized spacial score (nSPS) is 28.0. The van der Waals surface area contributed by atoms with Gasteiger partial charge in [0.15, 0.2) is 0 Å². The van der Waals surface area contributed by atoms with Crippen LogP contribution in [0.2, 0.25) is 0 Å². The van der Waals surface area contributed by atoms with E-state index >= 15 is 0 Å². The van der Waals surface area contributed by atoms with Crippen LogP contribution >= 0.6 is 0 Å². The molecule has 4 rings (SSSR count). The van der Waals surface area contributed by atoms with E-state index in [0.29, 0.717) is 18.2 Å². The Hall–Kier alpha value is -1.65. The Labute approximate surface area is 123 Å². The van der Waals surface area contributed by atoms with Crippen molar-refractivity contribution in [3.8, 4) is 0 Å². The molecule has 1 aromatic rings. The van der Waals surface area contributed by atoms with Gasteiger partial charge in [0, 0.05) is 36.4 Å². The lowest BCUT2D eigenvalue weighted by Gasteiger charge is -2.35. The first kappa shape index (κ1) is 13.0. The molecule has 5 nitrogen and oxygen atoms in total. The first-order valence-corrected chi connectivity index (χ1v) is 8.04. The molecule has 2 bridgehead atoms. The minimum atomic E-state index is -0.0129. The molecule has 0 spiro atoms. The highest BCUT2D eigenvalue weighted by Crippen LogP contribution is 2.37. The van der Waals surface area contributed by atoms with Gasteiger partial charge in [-0.15, -0.1) is 0 Å². The van der Waals surface area contributed by atoms with E-state index in [1.54, 1.807) is 0 Å². The van der Waals surface area contributed by atoms with Crippen LogP contribution in [-0.2, 0) is 17.6 Å². The first-order valence-electron chi connectivity index (χ1n) is 8.04. The van der Waals surface area contributed by atoms with E-state index in [0.717, 1.165) is 43.4 Å². The van der Waals surface area contributed by atoms with Crippen LogP contribution in [0.4, 0.5) is 0 Å². The third kappa shape index (κ3) is 2.01. The fourth-order valence-electron chi connectivity index (χ4n) is 4.09. The number of hydrogen-bond acceptors (Lipinski definition) is 3. The number of carbonyl (C=O) groups is 1. The first-order chi connectivity index (χ1) is 10.1. The topological polar surface area (TPSA) is 66.1 Å². The molecule has 1 N–H and O–H groups in total. The van der Waals surface area contributed by atoms with Gasteiger partial charge in [-0.3, -0.25) is 9.59 Å². The molecule has 1 amide bonds. The Morgan fingerprint density at radius 2 is 1.90 bits per heavy atom. The number of H-pyrrole nitrogens is 1. The maximum atomic E-state index is 12.7.